The molecule has 0 spiro atoms. The number of rotatable bonds is 3. The van der Waals surface area contributed by atoms with Crippen molar-refractivity contribution in [2.45, 2.75) is 37.8 Å². The van der Waals surface area contributed by atoms with Crippen molar-refractivity contribution in [3.8, 4) is 5.82 Å². The molecule has 36 heavy (non-hydrogen) atoms. The van der Waals surface area contributed by atoms with Gasteiger partial charge in [-0.3, -0.25) is 9.69 Å². The van der Waals surface area contributed by atoms with Gasteiger partial charge in [-0.1, -0.05) is 6.07 Å². The fourth-order valence-electron chi connectivity index (χ4n) is 5.86. The fourth-order valence-corrected chi connectivity index (χ4v) is 5.86. The van der Waals surface area contributed by atoms with Crippen LogP contribution in [-0.4, -0.2) is 79.7 Å². The number of pyridine rings is 1. The Bertz CT molecular complexity index is 1350. The van der Waals surface area contributed by atoms with E-state index in [0.717, 1.165) is 49.2 Å². The molecule has 1 aromatic carbocycles. The topological polar surface area (TPSA) is 96.4 Å². The average molecular weight is 488 g/mol. The largest absolute Gasteiger partial charge is 0.339 e. The first kappa shape index (κ1) is 22.7. The van der Waals surface area contributed by atoms with Gasteiger partial charge in [-0.15, -0.1) is 5.10 Å². The zero-order chi connectivity index (χ0) is 24.8. The molecule has 1 aliphatic carbocycles. The number of carbonyl (C=O) groups excluding carboxylic acids is 1. The molecule has 0 bridgehead atoms. The first-order valence-corrected chi connectivity index (χ1v) is 12.2. The van der Waals surface area contributed by atoms with Gasteiger partial charge in [0, 0.05) is 51.0 Å². The molecule has 2 fully saturated rings. The van der Waals surface area contributed by atoms with E-state index in [1.165, 1.54) is 17.1 Å². The Hall–Kier alpha value is -3.75. The predicted octanol–water partition coefficient (Wildman–Crippen LogP) is 1.94. The summed E-state index contributed by atoms with van der Waals surface area (Å²) in [6.45, 7) is 12.8. The first-order chi connectivity index (χ1) is 17.5. The Morgan fingerprint density at radius 3 is 2.94 bits per heavy atom. The van der Waals surface area contributed by atoms with E-state index in [-0.39, 0.29) is 29.6 Å². The van der Waals surface area contributed by atoms with Gasteiger partial charge in [0.2, 0.25) is 11.6 Å². The minimum absolute atomic E-state index is 0.0340. The molecule has 0 radical (unpaired) electrons. The third-order valence-electron chi connectivity index (χ3n) is 7.81. The Balaban J connectivity index is 1.12. The second-order valence-corrected chi connectivity index (χ2v) is 9.70. The molecule has 4 heterocycles. The minimum Gasteiger partial charge on any atom is -0.339 e. The monoisotopic (exact) mass is 487 g/mol. The molecule has 1 amide bonds. The summed E-state index contributed by atoms with van der Waals surface area (Å²) in [5.74, 6) is 0.189. The standard InChI is InChI=1S/C25H26FN9O/c1-15-18(5-6-21(26)24(15)27-2)22-13-33-7-8-34(12-17(33)10-28-22)25(36)19-4-3-16-9-23(29-11-20(16)19)35-14-30-31-32-35/h5-6,9,11,14,17,19,22,28H,3-4,7-8,10,12-13H2,1H3/t17-,19?,22+/m1/s1. The lowest BCUT2D eigenvalue weighted by atomic mass is 9.95. The lowest BCUT2D eigenvalue weighted by Crippen LogP contribution is -2.62. The van der Waals surface area contributed by atoms with Crippen LogP contribution in [0, 0.1) is 19.3 Å². The summed E-state index contributed by atoms with van der Waals surface area (Å²) in [7, 11) is 0. The molecule has 6 rings (SSSR count). The van der Waals surface area contributed by atoms with Gasteiger partial charge in [0.1, 0.15) is 12.1 Å². The zero-order valence-electron chi connectivity index (χ0n) is 19.9. The van der Waals surface area contributed by atoms with Crippen molar-refractivity contribution < 1.29 is 9.18 Å². The van der Waals surface area contributed by atoms with E-state index >= 15 is 0 Å². The van der Waals surface area contributed by atoms with Crippen molar-refractivity contribution in [2.24, 2.45) is 0 Å². The minimum atomic E-state index is -0.470. The molecule has 10 nitrogen and oxygen atoms in total. The maximum absolute atomic E-state index is 14.0. The molecule has 3 atom stereocenters. The molecule has 3 aromatic rings. The lowest BCUT2D eigenvalue weighted by molar-refractivity contribution is -0.136. The number of tetrazole rings is 1. The summed E-state index contributed by atoms with van der Waals surface area (Å²) < 4.78 is 15.5. The number of hydrogen-bond donors (Lipinski definition) is 1. The van der Waals surface area contributed by atoms with Crippen molar-refractivity contribution >= 4 is 11.6 Å². The second kappa shape index (κ2) is 9.04. The molecule has 1 N–H and O–H groups in total. The number of piperazine rings is 2. The van der Waals surface area contributed by atoms with Crippen LogP contribution in [0.1, 0.15) is 40.6 Å². The molecule has 2 aliphatic heterocycles. The van der Waals surface area contributed by atoms with Crippen LogP contribution >= 0.6 is 0 Å². The SMILES string of the molecule is [C-]#[N+]c1c(F)ccc([C@@H]2CN3CCN(C(=O)C4CCc5cc(-n6cnnn6)ncc54)C[C@H]3CN2)c1C. The molecule has 2 saturated heterocycles. The van der Waals surface area contributed by atoms with Gasteiger partial charge in [0.15, 0.2) is 5.82 Å². The smallest absolute Gasteiger partial charge is 0.230 e. The predicted molar refractivity (Wildman–Crippen MR) is 128 cm³/mol. The zero-order valence-corrected chi connectivity index (χ0v) is 19.9. The van der Waals surface area contributed by atoms with Crippen LogP contribution in [-0.2, 0) is 11.2 Å². The molecular formula is C25H26FN9O. The van der Waals surface area contributed by atoms with Crippen molar-refractivity contribution in [1.82, 2.24) is 40.3 Å². The number of hydrogen-bond acceptors (Lipinski definition) is 7. The molecule has 3 aliphatic rings. The lowest BCUT2D eigenvalue weighted by Gasteiger charge is -2.47. The molecule has 11 heteroatoms. The first-order valence-electron chi connectivity index (χ1n) is 12.2. The van der Waals surface area contributed by atoms with Crippen molar-refractivity contribution in [3.05, 3.63) is 70.2 Å². The van der Waals surface area contributed by atoms with Crippen molar-refractivity contribution in [2.75, 3.05) is 32.7 Å². The number of halogens is 1. The Labute approximate surface area is 207 Å². The number of aromatic nitrogens is 5. The summed E-state index contributed by atoms with van der Waals surface area (Å²) >= 11 is 0. The van der Waals surface area contributed by atoms with E-state index in [2.05, 4.69) is 35.6 Å². The molecule has 1 unspecified atom stereocenters. The maximum Gasteiger partial charge on any atom is 0.230 e. The quantitative estimate of drug-likeness (QED) is 0.564. The van der Waals surface area contributed by atoms with Gasteiger partial charge in [-0.25, -0.2) is 14.2 Å². The number of nitrogens with zero attached hydrogens (tertiary/aromatic N) is 8. The van der Waals surface area contributed by atoms with Gasteiger partial charge in [-0.2, -0.15) is 4.68 Å². The molecular weight excluding hydrogens is 461 g/mol. The van der Waals surface area contributed by atoms with Crippen LogP contribution in [0.4, 0.5) is 10.1 Å². The molecule has 184 valence electrons. The third kappa shape index (κ3) is 3.83. The summed E-state index contributed by atoms with van der Waals surface area (Å²) in [6, 6.07) is 5.40. The number of aryl methyl sites for hydroxylation is 1. The third-order valence-corrected chi connectivity index (χ3v) is 7.81. The van der Waals surface area contributed by atoms with E-state index in [1.54, 1.807) is 12.3 Å². The van der Waals surface area contributed by atoms with E-state index in [4.69, 9.17) is 6.57 Å². The van der Waals surface area contributed by atoms with Gasteiger partial charge >= 0.3 is 0 Å². The van der Waals surface area contributed by atoms with Crippen molar-refractivity contribution in [1.29, 1.82) is 0 Å². The number of benzene rings is 1. The second-order valence-electron chi connectivity index (χ2n) is 9.70. The highest BCUT2D eigenvalue weighted by Crippen LogP contribution is 2.36. The van der Waals surface area contributed by atoms with Crippen LogP contribution in [0.2, 0.25) is 0 Å². The number of nitrogens with one attached hydrogen (secondary N) is 1. The van der Waals surface area contributed by atoms with Crippen LogP contribution in [0.25, 0.3) is 10.7 Å². The summed E-state index contributed by atoms with van der Waals surface area (Å²) in [5, 5.41) is 14.8. The average Bonchev–Trinajstić information content (AvgIpc) is 3.58. The van der Waals surface area contributed by atoms with Crippen LogP contribution in [0.5, 0.6) is 0 Å². The maximum atomic E-state index is 14.0. The van der Waals surface area contributed by atoms with Gasteiger partial charge in [0.25, 0.3) is 0 Å². The van der Waals surface area contributed by atoms with Crippen molar-refractivity contribution in [3.63, 3.8) is 0 Å². The van der Waals surface area contributed by atoms with E-state index in [9.17, 15) is 9.18 Å². The highest BCUT2D eigenvalue weighted by Gasteiger charge is 2.39. The van der Waals surface area contributed by atoms with Gasteiger partial charge < -0.3 is 10.2 Å². The highest BCUT2D eigenvalue weighted by molar-refractivity contribution is 5.85. The highest BCUT2D eigenvalue weighted by atomic mass is 19.1. The number of carbonyl (C=O) groups is 1. The molecule has 2 aromatic heterocycles. The van der Waals surface area contributed by atoms with E-state index in [1.807, 2.05) is 17.9 Å². The molecule has 0 saturated carbocycles. The summed E-state index contributed by atoms with van der Waals surface area (Å²) in [4.78, 5) is 25.8. The van der Waals surface area contributed by atoms with E-state index in [0.29, 0.717) is 24.5 Å². The van der Waals surface area contributed by atoms with Gasteiger partial charge in [-0.05, 0) is 64.6 Å². The Morgan fingerprint density at radius 2 is 2.14 bits per heavy atom. The van der Waals surface area contributed by atoms with E-state index < -0.39 is 5.82 Å². The Kier molecular flexibility index (Phi) is 5.70. The van der Waals surface area contributed by atoms with Crippen LogP contribution in [0.3, 0.4) is 0 Å². The van der Waals surface area contributed by atoms with Crippen LogP contribution in [0.15, 0.2) is 30.7 Å². The normalized spacial score (nSPS) is 23.7. The summed E-state index contributed by atoms with van der Waals surface area (Å²) in [6.07, 6.45) is 4.93. The number of fused-ring (bicyclic) bond motifs is 2. The van der Waals surface area contributed by atoms with Gasteiger partial charge in [0.05, 0.1) is 12.5 Å². The summed E-state index contributed by atoms with van der Waals surface area (Å²) in [5.41, 5.74) is 3.90. The van der Waals surface area contributed by atoms with Crippen LogP contribution < -0.4 is 5.32 Å². The fraction of sp³-hybridized carbons (Fsp3) is 0.440. The Morgan fingerprint density at radius 1 is 1.25 bits per heavy atom. The number of amides is 1.